The SMILES string of the molecule is COc1ccc([C@H](Cc2c(Cl)c[n+]([O-])cc2Cl)c2cc(CNC3(C(=O)OCCN(C)C)CCc4ccccc43)sc2C(=O)O)cc1OC. The summed E-state index contributed by atoms with van der Waals surface area (Å²) in [6.07, 6.45) is 3.83. The summed E-state index contributed by atoms with van der Waals surface area (Å²) >= 11 is 14.1. The molecule has 254 valence electrons. The van der Waals surface area contributed by atoms with E-state index in [1.165, 1.54) is 26.6 Å². The molecule has 48 heavy (non-hydrogen) atoms. The first-order valence-electron chi connectivity index (χ1n) is 15.3. The van der Waals surface area contributed by atoms with Crippen LogP contribution >= 0.6 is 34.5 Å². The van der Waals surface area contributed by atoms with Crippen molar-refractivity contribution in [3.8, 4) is 11.5 Å². The summed E-state index contributed by atoms with van der Waals surface area (Å²) in [6, 6.07) is 15.0. The first-order chi connectivity index (χ1) is 23.0. The maximum absolute atomic E-state index is 13.7. The van der Waals surface area contributed by atoms with Crippen LogP contribution < -0.4 is 19.5 Å². The smallest absolute Gasteiger partial charge is 0.346 e. The van der Waals surface area contributed by atoms with Crippen molar-refractivity contribution in [2.45, 2.75) is 37.3 Å². The molecular formula is C35H37Cl2N3O7S. The lowest BCUT2D eigenvalue weighted by molar-refractivity contribution is -0.605. The molecule has 0 saturated carbocycles. The van der Waals surface area contributed by atoms with Gasteiger partial charge in [-0.15, -0.1) is 11.3 Å². The van der Waals surface area contributed by atoms with Crippen LogP contribution in [0.2, 0.25) is 10.0 Å². The Labute approximate surface area is 293 Å². The third-order valence-electron chi connectivity index (χ3n) is 8.59. The zero-order valence-corrected chi connectivity index (χ0v) is 29.4. The third kappa shape index (κ3) is 7.40. The maximum atomic E-state index is 13.7. The van der Waals surface area contributed by atoms with Gasteiger partial charge < -0.3 is 29.4 Å². The fraction of sp³-hybridized carbons (Fsp3) is 0.343. The summed E-state index contributed by atoms with van der Waals surface area (Å²) < 4.78 is 17.3. The summed E-state index contributed by atoms with van der Waals surface area (Å²) in [5, 5.41) is 26.2. The van der Waals surface area contributed by atoms with Crippen LogP contribution in [0.4, 0.5) is 0 Å². The summed E-state index contributed by atoms with van der Waals surface area (Å²) in [5.41, 5.74) is 2.59. The third-order valence-corrected chi connectivity index (χ3v) is 10.4. The van der Waals surface area contributed by atoms with Crippen molar-refractivity contribution in [1.29, 1.82) is 0 Å². The molecule has 0 fully saturated rings. The van der Waals surface area contributed by atoms with Crippen molar-refractivity contribution in [3.05, 3.63) is 114 Å². The number of hydrogen-bond donors (Lipinski definition) is 2. The van der Waals surface area contributed by atoms with Crippen LogP contribution in [0.25, 0.3) is 0 Å². The minimum Gasteiger partial charge on any atom is -0.619 e. The van der Waals surface area contributed by atoms with Gasteiger partial charge in [-0.2, -0.15) is 4.73 Å². The van der Waals surface area contributed by atoms with E-state index in [-0.39, 0.29) is 40.5 Å². The topological polar surface area (TPSA) is 124 Å². The van der Waals surface area contributed by atoms with E-state index in [2.05, 4.69) is 5.32 Å². The average Bonchev–Trinajstić information content (AvgIpc) is 3.66. The number of fused-ring (bicyclic) bond motifs is 1. The summed E-state index contributed by atoms with van der Waals surface area (Å²) in [7, 11) is 6.88. The molecule has 2 aromatic heterocycles. The second-order valence-corrected chi connectivity index (χ2v) is 13.8. The van der Waals surface area contributed by atoms with Crippen molar-refractivity contribution < 1.29 is 33.6 Å². The largest absolute Gasteiger partial charge is 0.619 e. The molecule has 2 aromatic carbocycles. The Kier molecular flexibility index (Phi) is 11.2. The Bertz CT molecular complexity index is 1790. The van der Waals surface area contributed by atoms with Gasteiger partial charge in [-0.05, 0) is 73.8 Å². The number of ether oxygens (including phenoxy) is 3. The van der Waals surface area contributed by atoms with Crippen molar-refractivity contribution >= 4 is 46.5 Å². The number of methoxy groups -OCH3 is 2. The molecule has 0 saturated heterocycles. The highest BCUT2D eigenvalue weighted by molar-refractivity contribution is 7.14. The zero-order chi connectivity index (χ0) is 34.6. The van der Waals surface area contributed by atoms with E-state index < -0.39 is 17.4 Å². The van der Waals surface area contributed by atoms with Gasteiger partial charge in [0.05, 0.1) is 14.2 Å². The summed E-state index contributed by atoms with van der Waals surface area (Å²) in [5.74, 6) is -1.05. The van der Waals surface area contributed by atoms with E-state index in [0.717, 1.165) is 28.0 Å². The lowest BCUT2D eigenvalue weighted by Crippen LogP contribution is -2.48. The number of likely N-dealkylation sites (N-methyl/N-ethyl adjacent to an activating group) is 1. The van der Waals surface area contributed by atoms with Gasteiger partial charge in [0.2, 0.25) is 0 Å². The summed E-state index contributed by atoms with van der Waals surface area (Å²) in [4.78, 5) is 29.3. The van der Waals surface area contributed by atoms with Crippen LogP contribution in [0.3, 0.4) is 0 Å². The molecule has 2 atom stereocenters. The van der Waals surface area contributed by atoms with E-state index in [0.29, 0.717) is 51.6 Å². The van der Waals surface area contributed by atoms with Crippen molar-refractivity contribution in [1.82, 2.24) is 10.2 Å². The molecule has 0 bridgehead atoms. The Morgan fingerprint density at radius 1 is 1.08 bits per heavy atom. The molecule has 1 aliphatic carbocycles. The fourth-order valence-electron chi connectivity index (χ4n) is 6.14. The second kappa shape index (κ2) is 15.1. The van der Waals surface area contributed by atoms with Gasteiger partial charge in [-0.3, -0.25) is 5.32 Å². The molecule has 4 aromatic rings. The zero-order valence-electron chi connectivity index (χ0n) is 27.0. The Balaban J connectivity index is 1.55. The molecule has 0 radical (unpaired) electrons. The minimum atomic E-state index is -1.10. The highest BCUT2D eigenvalue weighted by atomic mass is 35.5. The number of aromatic nitrogens is 1. The highest BCUT2D eigenvalue weighted by Crippen LogP contribution is 2.42. The number of benzene rings is 2. The van der Waals surface area contributed by atoms with Crippen LogP contribution in [0.1, 0.15) is 54.7 Å². The molecule has 0 aliphatic heterocycles. The van der Waals surface area contributed by atoms with Crippen molar-refractivity contribution in [2.75, 3.05) is 41.5 Å². The number of thiophene rings is 1. The monoisotopic (exact) mass is 713 g/mol. The lowest BCUT2D eigenvalue weighted by Gasteiger charge is -2.29. The lowest BCUT2D eigenvalue weighted by atomic mass is 9.85. The quantitative estimate of drug-likeness (QED) is 0.0946. The number of carbonyl (C=O) groups is 2. The molecule has 5 rings (SSSR count). The second-order valence-electron chi connectivity index (χ2n) is 11.8. The number of hydrogen-bond acceptors (Lipinski definition) is 9. The maximum Gasteiger partial charge on any atom is 0.346 e. The van der Waals surface area contributed by atoms with E-state index in [1.54, 1.807) is 12.1 Å². The molecule has 10 nitrogen and oxygen atoms in total. The van der Waals surface area contributed by atoms with Crippen LogP contribution in [-0.4, -0.2) is 63.4 Å². The van der Waals surface area contributed by atoms with E-state index in [9.17, 15) is 19.9 Å². The molecule has 1 unspecified atom stereocenters. The fourth-order valence-corrected chi connectivity index (χ4v) is 7.74. The van der Waals surface area contributed by atoms with Crippen molar-refractivity contribution in [2.24, 2.45) is 0 Å². The average molecular weight is 715 g/mol. The van der Waals surface area contributed by atoms with Gasteiger partial charge in [0.25, 0.3) is 0 Å². The minimum absolute atomic E-state index is 0.128. The van der Waals surface area contributed by atoms with Crippen molar-refractivity contribution in [3.63, 3.8) is 0 Å². The van der Waals surface area contributed by atoms with Crippen LogP contribution in [0.5, 0.6) is 11.5 Å². The molecule has 2 heterocycles. The molecule has 0 spiro atoms. The Morgan fingerprint density at radius 2 is 1.79 bits per heavy atom. The highest BCUT2D eigenvalue weighted by Gasteiger charge is 2.46. The van der Waals surface area contributed by atoms with Crippen LogP contribution in [0, 0.1) is 5.21 Å². The standard InChI is InChI=1S/C35H37Cl2N3O7S/c1-39(2)13-14-47-34(43)35(12-11-21-7-5-6-8-27(21)35)38-18-23-16-25(32(48-23)33(41)42)24(17-26-28(36)19-40(44)20-29(26)37)22-9-10-30(45-3)31(15-22)46-4/h5-10,15-16,19-20,24,38H,11-14,17-18H2,1-4H3,(H,41,42)/t24-,35?/m0/s1. The first-order valence-corrected chi connectivity index (χ1v) is 16.8. The number of aryl methyl sites for hydroxylation is 1. The number of carboxylic acids is 1. The number of aromatic carboxylic acids is 1. The number of halogens is 2. The number of carbonyl (C=O) groups excluding carboxylic acids is 1. The molecule has 0 amide bonds. The molecular weight excluding hydrogens is 677 g/mol. The number of rotatable bonds is 14. The number of nitrogens with one attached hydrogen (secondary N) is 1. The van der Waals surface area contributed by atoms with Gasteiger partial charge in [0.1, 0.15) is 27.1 Å². The number of carboxylic acid groups (broad SMARTS) is 1. The number of nitrogens with zero attached hydrogens (tertiary/aromatic N) is 2. The number of esters is 1. The first kappa shape index (κ1) is 35.4. The molecule has 2 N–H and O–H groups in total. The van der Waals surface area contributed by atoms with Crippen LogP contribution in [0.15, 0.2) is 60.9 Å². The number of pyridine rings is 1. The Morgan fingerprint density at radius 3 is 2.46 bits per heavy atom. The van der Waals surface area contributed by atoms with Gasteiger partial charge in [-0.25, -0.2) is 9.59 Å². The summed E-state index contributed by atoms with van der Waals surface area (Å²) in [6.45, 7) is 1.04. The molecule has 13 heteroatoms. The normalized spacial score (nSPS) is 16.1. The van der Waals surface area contributed by atoms with E-state index in [1.807, 2.05) is 55.4 Å². The van der Waals surface area contributed by atoms with E-state index in [4.69, 9.17) is 37.4 Å². The van der Waals surface area contributed by atoms with E-state index >= 15 is 0 Å². The Hall–Kier alpha value is -3.87. The van der Waals surface area contributed by atoms with Gasteiger partial charge in [-0.1, -0.05) is 53.5 Å². The van der Waals surface area contributed by atoms with Crippen LogP contribution in [-0.2, 0) is 34.5 Å². The van der Waals surface area contributed by atoms with Gasteiger partial charge in [0.15, 0.2) is 23.9 Å². The van der Waals surface area contributed by atoms with Gasteiger partial charge >= 0.3 is 11.9 Å². The van der Waals surface area contributed by atoms with Gasteiger partial charge in [0, 0.05) is 29.4 Å². The predicted molar refractivity (Wildman–Crippen MR) is 185 cm³/mol. The molecule has 1 aliphatic rings. The predicted octanol–water partition coefficient (Wildman–Crippen LogP) is 5.81.